The van der Waals surface area contributed by atoms with Gasteiger partial charge >= 0.3 is 0 Å². The van der Waals surface area contributed by atoms with Gasteiger partial charge in [-0.3, -0.25) is 0 Å². The average Bonchev–Trinajstić information content (AvgIpc) is 2.47. The van der Waals surface area contributed by atoms with E-state index in [9.17, 15) is 0 Å². The number of nitrogens with zero attached hydrogens (tertiary/aromatic N) is 1. The Morgan fingerprint density at radius 1 is 0.944 bits per heavy atom. The van der Waals surface area contributed by atoms with Crippen LogP contribution >= 0.6 is 11.8 Å². The number of hydrogen-bond acceptors (Lipinski definition) is 2. The zero-order valence-corrected chi connectivity index (χ0v) is 11.4. The van der Waals surface area contributed by atoms with Crippen LogP contribution in [0.2, 0.25) is 0 Å². The van der Waals surface area contributed by atoms with Crippen LogP contribution in [0.25, 0.3) is 0 Å². The molecule has 1 atom stereocenters. The number of benzene rings is 2. The summed E-state index contributed by atoms with van der Waals surface area (Å²) in [5.74, 6) is 0.355. The molecule has 0 aliphatic rings. The molecule has 0 heterocycles. The van der Waals surface area contributed by atoms with Gasteiger partial charge in [0, 0.05) is 10.8 Å². The van der Waals surface area contributed by atoms with E-state index in [2.05, 4.69) is 43.5 Å². The van der Waals surface area contributed by atoms with Crippen molar-refractivity contribution in [3.8, 4) is 6.07 Å². The van der Waals surface area contributed by atoms with Gasteiger partial charge in [-0.25, -0.2) is 0 Å². The van der Waals surface area contributed by atoms with E-state index in [0.29, 0.717) is 11.5 Å². The lowest BCUT2D eigenvalue weighted by atomic mass is 9.93. The molecule has 90 valence electrons. The van der Waals surface area contributed by atoms with Gasteiger partial charge in [0.2, 0.25) is 0 Å². The molecule has 0 amide bonds. The monoisotopic (exact) mass is 253 g/mol. The summed E-state index contributed by atoms with van der Waals surface area (Å²) in [7, 11) is 0. The highest BCUT2D eigenvalue weighted by molar-refractivity contribution is 7.98. The minimum atomic E-state index is 0.355. The van der Waals surface area contributed by atoms with E-state index in [-0.39, 0.29) is 0 Å². The zero-order chi connectivity index (χ0) is 13.0. The Morgan fingerprint density at radius 3 is 1.89 bits per heavy atom. The highest BCUT2D eigenvalue weighted by Crippen LogP contribution is 2.26. The van der Waals surface area contributed by atoms with Gasteiger partial charge in [0.1, 0.15) is 0 Å². The summed E-state index contributed by atoms with van der Waals surface area (Å²) >= 11 is 1.75. The Bertz CT molecular complexity index is 549. The molecule has 2 heteroatoms. The van der Waals surface area contributed by atoms with E-state index in [1.165, 1.54) is 16.0 Å². The topological polar surface area (TPSA) is 23.8 Å². The van der Waals surface area contributed by atoms with Gasteiger partial charge in [-0.15, -0.1) is 11.8 Å². The van der Waals surface area contributed by atoms with Crippen molar-refractivity contribution in [1.29, 1.82) is 5.26 Å². The Labute approximate surface area is 112 Å². The third-order valence-electron chi connectivity index (χ3n) is 3.16. The average molecular weight is 253 g/mol. The van der Waals surface area contributed by atoms with Gasteiger partial charge in [-0.05, 0) is 41.6 Å². The van der Waals surface area contributed by atoms with Crippen LogP contribution in [0.3, 0.4) is 0 Å². The van der Waals surface area contributed by atoms with Crippen LogP contribution in [-0.4, -0.2) is 6.26 Å². The second-order valence-corrected chi connectivity index (χ2v) is 5.11. The molecular weight excluding hydrogens is 238 g/mol. The summed E-state index contributed by atoms with van der Waals surface area (Å²) in [4.78, 5) is 1.28. The number of nitriles is 1. The first-order valence-corrected chi connectivity index (χ1v) is 7.11. The molecule has 0 aromatic heterocycles. The number of thioether (sulfide) groups is 1. The molecule has 1 unspecified atom stereocenters. The predicted molar refractivity (Wildman–Crippen MR) is 76.9 cm³/mol. The first-order chi connectivity index (χ1) is 8.74. The van der Waals surface area contributed by atoms with Gasteiger partial charge < -0.3 is 0 Å². The number of rotatable bonds is 3. The fourth-order valence-corrected chi connectivity index (χ4v) is 2.34. The molecule has 2 aromatic rings. The van der Waals surface area contributed by atoms with E-state index in [4.69, 9.17) is 5.26 Å². The second kappa shape index (κ2) is 5.75. The van der Waals surface area contributed by atoms with Crippen molar-refractivity contribution < 1.29 is 0 Å². The maximum Gasteiger partial charge on any atom is 0.0991 e. The van der Waals surface area contributed by atoms with Crippen molar-refractivity contribution in [3.63, 3.8) is 0 Å². The largest absolute Gasteiger partial charge is 0.192 e. The van der Waals surface area contributed by atoms with Gasteiger partial charge in [0.25, 0.3) is 0 Å². The lowest BCUT2D eigenvalue weighted by Gasteiger charge is -2.12. The highest BCUT2D eigenvalue weighted by atomic mass is 32.2. The van der Waals surface area contributed by atoms with Crippen molar-refractivity contribution in [1.82, 2.24) is 0 Å². The fraction of sp³-hybridized carbons (Fsp3) is 0.188. The van der Waals surface area contributed by atoms with Gasteiger partial charge in [-0.1, -0.05) is 31.2 Å². The zero-order valence-electron chi connectivity index (χ0n) is 10.6. The van der Waals surface area contributed by atoms with Gasteiger partial charge in [-0.2, -0.15) is 5.26 Å². The molecule has 0 fully saturated rings. The normalized spacial score (nSPS) is 11.8. The summed E-state index contributed by atoms with van der Waals surface area (Å²) in [5, 5.41) is 8.79. The minimum Gasteiger partial charge on any atom is -0.192 e. The van der Waals surface area contributed by atoms with E-state index < -0.39 is 0 Å². The molecule has 0 saturated heterocycles. The lowest BCUT2D eigenvalue weighted by molar-refractivity contribution is 0.919. The SMILES string of the molecule is CSc1ccc(C(C)c2ccc(C#N)cc2)cc1. The Kier molecular flexibility index (Phi) is 4.07. The van der Waals surface area contributed by atoms with Crippen molar-refractivity contribution in [3.05, 3.63) is 65.2 Å². The predicted octanol–water partition coefficient (Wildman–Crippen LogP) is 4.43. The molecule has 0 radical (unpaired) electrons. The highest BCUT2D eigenvalue weighted by Gasteiger charge is 2.08. The Morgan fingerprint density at radius 2 is 1.44 bits per heavy atom. The quantitative estimate of drug-likeness (QED) is 0.755. The lowest BCUT2D eigenvalue weighted by Crippen LogP contribution is -1.95. The molecule has 0 bridgehead atoms. The van der Waals surface area contributed by atoms with Crippen LogP contribution in [0.5, 0.6) is 0 Å². The summed E-state index contributed by atoms with van der Waals surface area (Å²) in [6.45, 7) is 2.19. The molecule has 0 N–H and O–H groups in total. The van der Waals surface area contributed by atoms with Crippen molar-refractivity contribution >= 4 is 11.8 Å². The van der Waals surface area contributed by atoms with E-state index in [1.807, 2.05) is 24.3 Å². The second-order valence-electron chi connectivity index (χ2n) is 4.23. The van der Waals surface area contributed by atoms with E-state index >= 15 is 0 Å². The maximum absolute atomic E-state index is 8.79. The first kappa shape index (κ1) is 12.7. The molecule has 0 spiro atoms. The van der Waals surface area contributed by atoms with Crippen molar-refractivity contribution in [2.45, 2.75) is 17.7 Å². The van der Waals surface area contributed by atoms with Crippen LogP contribution in [0.15, 0.2) is 53.4 Å². The molecule has 0 saturated carbocycles. The van der Waals surface area contributed by atoms with E-state index in [0.717, 1.165) is 0 Å². The van der Waals surface area contributed by atoms with Gasteiger partial charge in [0.05, 0.1) is 11.6 Å². The molecular formula is C16H15NS. The minimum absolute atomic E-state index is 0.355. The van der Waals surface area contributed by atoms with E-state index in [1.54, 1.807) is 11.8 Å². The van der Waals surface area contributed by atoms with Crippen LogP contribution in [0, 0.1) is 11.3 Å². The maximum atomic E-state index is 8.79. The Balaban J connectivity index is 2.23. The molecule has 1 nitrogen and oxygen atoms in total. The summed E-state index contributed by atoms with van der Waals surface area (Å²) in [5.41, 5.74) is 3.26. The standard InChI is InChI=1S/C16H15NS/c1-12(14-5-3-13(11-17)4-6-14)15-7-9-16(18-2)10-8-15/h3-10,12H,1-2H3. The molecule has 0 aliphatic carbocycles. The molecule has 0 aliphatic heterocycles. The number of hydrogen-bond donors (Lipinski definition) is 0. The third kappa shape index (κ3) is 2.75. The Hall–Kier alpha value is -1.72. The van der Waals surface area contributed by atoms with Crippen LogP contribution in [0.1, 0.15) is 29.5 Å². The smallest absolute Gasteiger partial charge is 0.0991 e. The third-order valence-corrected chi connectivity index (χ3v) is 3.90. The summed E-state index contributed by atoms with van der Waals surface area (Å²) in [6, 6.07) is 18.6. The van der Waals surface area contributed by atoms with Crippen LogP contribution < -0.4 is 0 Å². The van der Waals surface area contributed by atoms with Crippen LogP contribution in [0.4, 0.5) is 0 Å². The van der Waals surface area contributed by atoms with Crippen LogP contribution in [-0.2, 0) is 0 Å². The molecule has 2 rings (SSSR count). The summed E-state index contributed by atoms with van der Waals surface area (Å²) < 4.78 is 0. The van der Waals surface area contributed by atoms with Crippen molar-refractivity contribution in [2.24, 2.45) is 0 Å². The fourth-order valence-electron chi connectivity index (χ4n) is 1.93. The van der Waals surface area contributed by atoms with Gasteiger partial charge in [0.15, 0.2) is 0 Å². The molecule has 2 aromatic carbocycles. The first-order valence-electron chi connectivity index (χ1n) is 5.88. The molecule has 18 heavy (non-hydrogen) atoms. The van der Waals surface area contributed by atoms with Crippen molar-refractivity contribution in [2.75, 3.05) is 6.26 Å². The summed E-state index contributed by atoms with van der Waals surface area (Å²) in [6.07, 6.45) is 2.08.